The van der Waals surface area contributed by atoms with Gasteiger partial charge in [-0.3, -0.25) is 0 Å². The van der Waals surface area contributed by atoms with Gasteiger partial charge in [-0.2, -0.15) is 0 Å². The molecular formula is C4H10N2O2S. The van der Waals surface area contributed by atoms with Crippen molar-refractivity contribution in [2.75, 3.05) is 20.6 Å². The number of hydrogen-bond donors (Lipinski definition) is 2. The van der Waals surface area contributed by atoms with Gasteiger partial charge in [0.1, 0.15) is 13.5 Å². The van der Waals surface area contributed by atoms with Crippen LogP contribution in [0.5, 0.6) is 0 Å². The largest absolute Gasteiger partial charge is 0.376 e. The van der Waals surface area contributed by atoms with Gasteiger partial charge in [0.2, 0.25) is 0 Å². The fourth-order valence-corrected chi connectivity index (χ4v) is 0.440. The molecule has 5 heteroatoms. The standard InChI is InChI=1S/C4H10N2O2S/c1-8-3-6(2-7)4(5)9/h7H,2-3H2,1H3,(H2,5,9). The molecule has 0 aliphatic rings. The maximum atomic E-state index is 8.51. The van der Waals surface area contributed by atoms with Crippen LogP contribution in [0.4, 0.5) is 0 Å². The lowest BCUT2D eigenvalue weighted by Crippen LogP contribution is -2.37. The number of thiocarbonyl (C=S) groups is 1. The number of nitrogens with two attached hydrogens (primary N) is 1. The van der Waals surface area contributed by atoms with Crippen molar-refractivity contribution in [1.82, 2.24) is 4.90 Å². The van der Waals surface area contributed by atoms with Crippen molar-refractivity contribution < 1.29 is 9.84 Å². The van der Waals surface area contributed by atoms with Crippen LogP contribution >= 0.6 is 12.2 Å². The molecule has 0 amide bonds. The van der Waals surface area contributed by atoms with Crippen LogP contribution in [0.15, 0.2) is 0 Å². The van der Waals surface area contributed by atoms with Gasteiger partial charge in [0.25, 0.3) is 0 Å². The highest BCUT2D eigenvalue weighted by Gasteiger charge is 2.00. The van der Waals surface area contributed by atoms with Crippen LogP contribution in [0.2, 0.25) is 0 Å². The van der Waals surface area contributed by atoms with Crippen LogP contribution in [-0.2, 0) is 4.74 Å². The van der Waals surface area contributed by atoms with Crippen molar-refractivity contribution in [3.05, 3.63) is 0 Å². The van der Waals surface area contributed by atoms with E-state index in [1.807, 2.05) is 0 Å². The Hall–Kier alpha value is -0.390. The van der Waals surface area contributed by atoms with Gasteiger partial charge >= 0.3 is 0 Å². The summed E-state index contributed by atoms with van der Waals surface area (Å²) in [6, 6.07) is 0. The Labute approximate surface area is 59.2 Å². The van der Waals surface area contributed by atoms with E-state index in [9.17, 15) is 0 Å². The first-order chi connectivity index (χ1) is 4.22. The summed E-state index contributed by atoms with van der Waals surface area (Å²) in [6.45, 7) is 0.0228. The number of hydrogen-bond acceptors (Lipinski definition) is 3. The highest BCUT2D eigenvalue weighted by molar-refractivity contribution is 7.80. The van der Waals surface area contributed by atoms with Crippen LogP contribution < -0.4 is 5.73 Å². The number of rotatable bonds is 3. The Balaban J connectivity index is 3.54. The van der Waals surface area contributed by atoms with Crippen molar-refractivity contribution in [2.45, 2.75) is 0 Å². The molecule has 0 fully saturated rings. The number of ether oxygens (including phenoxy) is 1. The zero-order valence-electron chi connectivity index (χ0n) is 5.20. The molecule has 0 unspecified atom stereocenters. The second kappa shape index (κ2) is 4.49. The molecule has 9 heavy (non-hydrogen) atoms. The summed E-state index contributed by atoms with van der Waals surface area (Å²) >= 11 is 4.55. The topological polar surface area (TPSA) is 58.7 Å². The van der Waals surface area contributed by atoms with E-state index in [1.165, 1.54) is 12.0 Å². The molecule has 0 aliphatic heterocycles. The van der Waals surface area contributed by atoms with Gasteiger partial charge in [0.15, 0.2) is 5.11 Å². The maximum absolute atomic E-state index is 8.51. The average Bonchev–Trinajstić information content (AvgIpc) is 1.82. The fourth-order valence-electron chi connectivity index (χ4n) is 0.330. The minimum Gasteiger partial charge on any atom is -0.376 e. The molecule has 0 aromatic carbocycles. The van der Waals surface area contributed by atoms with Crippen LogP contribution in [0.25, 0.3) is 0 Å². The third-order valence-electron chi connectivity index (χ3n) is 0.767. The minimum atomic E-state index is -0.205. The predicted octanol–water partition coefficient (Wildman–Crippen LogP) is -0.914. The molecule has 0 bridgehead atoms. The first-order valence-corrected chi connectivity index (χ1v) is 2.77. The lowest BCUT2D eigenvalue weighted by molar-refractivity contribution is 0.0551. The van der Waals surface area contributed by atoms with Crippen LogP contribution in [0, 0.1) is 0 Å². The number of nitrogens with zero attached hydrogens (tertiary/aromatic N) is 1. The van der Waals surface area contributed by atoms with Gasteiger partial charge in [-0.1, -0.05) is 0 Å². The van der Waals surface area contributed by atoms with Crippen molar-refractivity contribution in [3.63, 3.8) is 0 Å². The molecule has 0 rings (SSSR count). The first kappa shape index (κ1) is 8.61. The van der Waals surface area contributed by atoms with Crippen LogP contribution in [0.3, 0.4) is 0 Å². The second-order valence-corrected chi connectivity index (χ2v) is 1.86. The van der Waals surface area contributed by atoms with E-state index < -0.39 is 0 Å². The molecule has 0 aliphatic carbocycles. The Morgan fingerprint density at radius 3 is 2.56 bits per heavy atom. The zero-order chi connectivity index (χ0) is 7.28. The average molecular weight is 150 g/mol. The monoisotopic (exact) mass is 150 g/mol. The summed E-state index contributed by atoms with van der Waals surface area (Å²) in [5.74, 6) is 0. The normalized spacial score (nSPS) is 9.11. The Morgan fingerprint density at radius 2 is 2.44 bits per heavy atom. The van der Waals surface area contributed by atoms with Crippen molar-refractivity contribution in [1.29, 1.82) is 0 Å². The van der Waals surface area contributed by atoms with Gasteiger partial charge in [-0.25, -0.2) is 0 Å². The molecule has 0 spiro atoms. The molecule has 0 aromatic rings. The first-order valence-electron chi connectivity index (χ1n) is 2.36. The predicted molar refractivity (Wildman–Crippen MR) is 37.6 cm³/mol. The molecule has 0 saturated carbocycles. The third kappa shape index (κ3) is 3.23. The SMILES string of the molecule is COCN(CO)C(N)=S. The molecule has 0 aromatic heterocycles. The van der Waals surface area contributed by atoms with Gasteiger partial charge in [-0.15, -0.1) is 0 Å². The quantitative estimate of drug-likeness (QED) is 0.403. The van der Waals surface area contributed by atoms with Crippen molar-refractivity contribution in [2.24, 2.45) is 5.73 Å². The molecule has 4 nitrogen and oxygen atoms in total. The molecule has 0 saturated heterocycles. The molecule has 3 N–H and O–H groups in total. The van der Waals surface area contributed by atoms with E-state index in [1.54, 1.807) is 0 Å². The van der Waals surface area contributed by atoms with E-state index in [0.29, 0.717) is 0 Å². The Bertz CT molecular complexity index is 98.6. The van der Waals surface area contributed by atoms with Gasteiger partial charge in [-0.05, 0) is 12.2 Å². The minimum absolute atomic E-state index is 0.138. The lowest BCUT2D eigenvalue weighted by atomic mass is 10.8. The van der Waals surface area contributed by atoms with E-state index in [2.05, 4.69) is 17.0 Å². The molecule has 0 heterocycles. The summed E-state index contributed by atoms with van der Waals surface area (Å²) in [6.07, 6.45) is 0. The Kier molecular flexibility index (Phi) is 4.29. The van der Waals surface area contributed by atoms with E-state index in [-0.39, 0.29) is 18.6 Å². The van der Waals surface area contributed by atoms with E-state index in [4.69, 9.17) is 10.8 Å². The van der Waals surface area contributed by atoms with Crippen LogP contribution in [-0.4, -0.2) is 35.7 Å². The highest BCUT2D eigenvalue weighted by Crippen LogP contribution is 1.83. The van der Waals surface area contributed by atoms with Gasteiger partial charge in [0, 0.05) is 7.11 Å². The third-order valence-corrected chi connectivity index (χ3v) is 1.03. The van der Waals surface area contributed by atoms with Gasteiger partial charge in [0.05, 0.1) is 0 Å². The van der Waals surface area contributed by atoms with Crippen molar-refractivity contribution >= 4 is 17.3 Å². The molecular weight excluding hydrogens is 140 g/mol. The highest BCUT2D eigenvalue weighted by atomic mass is 32.1. The molecule has 0 radical (unpaired) electrons. The number of aliphatic hydroxyl groups is 1. The second-order valence-electron chi connectivity index (χ2n) is 1.44. The van der Waals surface area contributed by atoms with Crippen molar-refractivity contribution in [3.8, 4) is 0 Å². The fraction of sp³-hybridized carbons (Fsp3) is 0.750. The molecule has 54 valence electrons. The zero-order valence-corrected chi connectivity index (χ0v) is 6.02. The summed E-state index contributed by atoms with van der Waals surface area (Å²) in [4.78, 5) is 1.31. The molecule has 0 atom stereocenters. The summed E-state index contributed by atoms with van der Waals surface area (Å²) in [5, 5.41) is 8.64. The Morgan fingerprint density at radius 1 is 1.89 bits per heavy atom. The van der Waals surface area contributed by atoms with E-state index in [0.717, 1.165) is 0 Å². The summed E-state index contributed by atoms with van der Waals surface area (Å²) < 4.78 is 4.65. The van der Waals surface area contributed by atoms with Crippen LogP contribution in [0.1, 0.15) is 0 Å². The number of aliphatic hydroxyl groups excluding tert-OH is 1. The lowest BCUT2D eigenvalue weighted by Gasteiger charge is -2.17. The maximum Gasteiger partial charge on any atom is 0.169 e. The van der Waals surface area contributed by atoms with Gasteiger partial charge < -0.3 is 20.5 Å². The summed E-state index contributed by atoms with van der Waals surface area (Å²) in [7, 11) is 1.50. The summed E-state index contributed by atoms with van der Waals surface area (Å²) in [5.41, 5.74) is 5.15. The van der Waals surface area contributed by atoms with E-state index >= 15 is 0 Å². The smallest absolute Gasteiger partial charge is 0.169 e. The number of methoxy groups -OCH3 is 1.